The monoisotopic (exact) mass is 251 g/mol. The first-order valence-corrected chi connectivity index (χ1v) is 4.95. The summed E-state index contributed by atoms with van der Waals surface area (Å²) in [6, 6.07) is 3.15. The van der Waals surface area contributed by atoms with Gasteiger partial charge in [0.1, 0.15) is 0 Å². The summed E-state index contributed by atoms with van der Waals surface area (Å²) in [5.41, 5.74) is 4.51. The molecule has 0 unspecified atom stereocenters. The minimum absolute atomic E-state index is 0.189. The molecule has 1 aromatic carbocycles. The Kier molecular flexibility index (Phi) is 2.64. The molecule has 0 aromatic heterocycles. The van der Waals surface area contributed by atoms with Gasteiger partial charge in [-0.25, -0.2) is 0 Å². The van der Waals surface area contributed by atoms with Gasteiger partial charge < -0.3 is 10.5 Å². The van der Waals surface area contributed by atoms with Crippen LogP contribution in [-0.4, -0.2) is 13.2 Å². The molecule has 1 saturated heterocycles. The van der Waals surface area contributed by atoms with Crippen LogP contribution in [0.2, 0.25) is 5.02 Å². The van der Waals surface area contributed by atoms with Crippen LogP contribution in [0.15, 0.2) is 18.2 Å². The SMILES string of the molecule is NC1(c2cc(C(F)(F)F)ccc2Cl)COC1. The van der Waals surface area contributed by atoms with E-state index >= 15 is 0 Å². The van der Waals surface area contributed by atoms with Gasteiger partial charge in [-0.05, 0) is 23.8 Å². The van der Waals surface area contributed by atoms with Crippen molar-refractivity contribution in [2.45, 2.75) is 11.7 Å². The molecule has 1 aromatic rings. The van der Waals surface area contributed by atoms with Crippen LogP contribution in [0, 0.1) is 0 Å². The molecule has 0 radical (unpaired) electrons. The second kappa shape index (κ2) is 3.61. The number of ether oxygens (including phenoxy) is 1. The Morgan fingerprint density at radius 2 is 1.94 bits per heavy atom. The number of benzene rings is 1. The molecule has 1 aliphatic rings. The minimum atomic E-state index is -4.39. The standard InChI is InChI=1S/C10H9ClF3NO/c11-8-2-1-6(10(12,13)14)3-7(8)9(15)4-16-5-9/h1-3H,4-5,15H2. The van der Waals surface area contributed by atoms with Crippen molar-refractivity contribution in [1.82, 2.24) is 0 Å². The predicted molar refractivity (Wildman–Crippen MR) is 53.1 cm³/mol. The van der Waals surface area contributed by atoms with Crippen LogP contribution in [0.25, 0.3) is 0 Å². The van der Waals surface area contributed by atoms with Crippen LogP contribution in [0.5, 0.6) is 0 Å². The molecule has 16 heavy (non-hydrogen) atoms. The van der Waals surface area contributed by atoms with Gasteiger partial charge in [0.05, 0.1) is 24.3 Å². The van der Waals surface area contributed by atoms with Crippen LogP contribution in [0.1, 0.15) is 11.1 Å². The van der Waals surface area contributed by atoms with Crippen molar-refractivity contribution < 1.29 is 17.9 Å². The average molecular weight is 252 g/mol. The molecule has 6 heteroatoms. The number of hydrogen-bond donors (Lipinski definition) is 1. The Hall–Kier alpha value is -0.780. The van der Waals surface area contributed by atoms with E-state index < -0.39 is 17.3 Å². The smallest absolute Gasteiger partial charge is 0.377 e. The number of halogens is 4. The maximum absolute atomic E-state index is 12.5. The summed E-state index contributed by atoms with van der Waals surface area (Å²) in [5, 5.41) is 0.235. The van der Waals surface area contributed by atoms with Crippen molar-refractivity contribution in [2.75, 3.05) is 13.2 Å². The highest BCUT2D eigenvalue weighted by Gasteiger charge is 2.40. The van der Waals surface area contributed by atoms with E-state index in [9.17, 15) is 13.2 Å². The van der Waals surface area contributed by atoms with E-state index in [4.69, 9.17) is 22.1 Å². The summed E-state index contributed by atoms with van der Waals surface area (Å²) in [7, 11) is 0. The highest BCUT2D eigenvalue weighted by Crippen LogP contribution is 2.37. The fraction of sp³-hybridized carbons (Fsp3) is 0.400. The van der Waals surface area contributed by atoms with E-state index in [1.807, 2.05) is 0 Å². The molecule has 0 amide bonds. The topological polar surface area (TPSA) is 35.2 Å². The van der Waals surface area contributed by atoms with E-state index in [1.54, 1.807) is 0 Å². The molecule has 2 N–H and O–H groups in total. The van der Waals surface area contributed by atoms with Gasteiger partial charge in [-0.2, -0.15) is 13.2 Å². The van der Waals surface area contributed by atoms with E-state index in [-0.39, 0.29) is 23.8 Å². The third-order valence-corrected chi connectivity index (χ3v) is 2.88. The zero-order valence-electron chi connectivity index (χ0n) is 8.14. The lowest BCUT2D eigenvalue weighted by molar-refractivity contribution is -0.137. The normalized spacial score (nSPS) is 19.3. The van der Waals surface area contributed by atoms with E-state index in [2.05, 4.69) is 0 Å². The first kappa shape index (κ1) is 11.7. The summed E-state index contributed by atoms with van der Waals surface area (Å²) in [5.74, 6) is 0. The molecule has 0 aliphatic carbocycles. The van der Waals surface area contributed by atoms with Crippen molar-refractivity contribution in [2.24, 2.45) is 5.73 Å². The molecule has 0 saturated carbocycles. The second-order valence-corrected chi connectivity index (χ2v) is 4.25. The van der Waals surface area contributed by atoms with Crippen LogP contribution in [-0.2, 0) is 16.5 Å². The zero-order chi connectivity index (χ0) is 12.0. The third-order valence-electron chi connectivity index (χ3n) is 2.55. The third kappa shape index (κ3) is 1.90. The maximum Gasteiger partial charge on any atom is 0.416 e. The molecule has 1 aliphatic heterocycles. The Morgan fingerprint density at radius 1 is 1.31 bits per heavy atom. The van der Waals surface area contributed by atoms with Crippen LogP contribution in [0.4, 0.5) is 13.2 Å². The molecule has 0 atom stereocenters. The largest absolute Gasteiger partial charge is 0.416 e. The van der Waals surface area contributed by atoms with Crippen molar-refractivity contribution >= 4 is 11.6 Å². The van der Waals surface area contributed by atoms with Crippen molar-refractivity contribution in [3.63, 3.8) is 0 Å². The Balaban J connectivity index is 2.45. The molecule has 1 fully saturated rings. The number of nitrogens with two attached hydrogens (primary N) is 1. The number of hydrogen-bond acceptors (Lipinski definition) is 2. The Morgan fingerprint density at radius 3 is 2.38 bits per heavy atom. The molecule has 2 nitrogen and oxygen atoms in total. The molecule has 88 valence electrons. The number of rotatable bonds is 1. The molecule has 2 rings (SSSR count). The average Bonchev–Trinajstić information content (AvgIpc) is 2.13. The van der Waals surface area contributed by atoms with E-state index in [0.717, 1.165) is 12.1 Å². The Bertz CT molecular complexity index is 415. The van der Waals surface area contributed by atoms with Gasteiger partial charge in [-0.15, -0.1) is 0 Å². The van der Waals surface area contributed by atoms with Crippen molar-refractivity contribution in [3.8, 4) is 0 Å². The highest BCUT2D eigenvalue weighted by atomic mass is 35.5. The van der Waals surface area contributed by atoms with Gasteiger partial charge in [-0.3, -0.25) is 0 Å². The lowest BCUT2D eigenvalue weighted by atomic mass is 9.88. The molecule has 0 spiro atoms. The van der Waals surface area contributed by atoms with Crippen LogP contribution < -0.4 is 5.73 Å². The first-order chi connectivity index (χ1) is 7.33. The van der Waals surface area contributed by atoms with Crippen molar-refractivity contribution in [1.29, 1.82) is 0 Å². The summed E-state index contributed by atoms with van der Waals surface area (Å²) < 4.78 is 42.4. The van der Waals surface area contributed by atoms with Crippen molar-refractivity contribution in [3.05, 3.63) is 34.3 Å². The quantitative estimate of drug-likeness (QED) is 0.833. The zero-order valence-corrected chi connectivity index (χ0v) is 8.90. The lowest BCUT2D eigenvalue weighted by Crippen LogP contribution is -2.54. The number of alkyl halides is 3. The molecule has 1 heterocycles. The minimum Gasteiger partial charge on any atom is -0.377 e. The highest BCUT2D eigenvalue weighted by molar-refractivity contribution is 6.31. The molecular formula is C10H9ClF3NO. The van der Waals surface area contributed by atoms with Gasteiger partial charge in [0, 0.05) is 5.02 Å². The lowest BCUT2D eigenvalue weighted by Gasteiger charge is -2.39. The predicted octanol–water partition coefficient (Wildman–Crippen LogP) is 2.54. The summed E-state index contributed by atoms with van der Waals surface area (Å²) in [6.45, 7) is 0.377. The fourth-order valence-electron chi connectivity index (χ4n) is 1.56. The fourth-order valence-corrected chi connectivity index (χ4v) is 1.87. The Labute approximate surface area is 95.1 Å². The van der Waals surface area contributed by atoms with Gasteiger partial charge in [0.2, 0.25) is 0 Å². The van der Waals surface area contributed by atoms with Crippen LogP contribution >= 0.6 is 11.6 Å². The van der Waals surface area contributed by atoms with Gasteiger partial charge in [-0.1, -0.05) is 11.6 Å². The maximum atomic E-state index is 12.5. The van der Waals surface area contributed by atoms with E-state index in [1.165, 1.54) is 6.07 Å². The van der Waals surface area contributed by atoms with Gasteiger partial charge in [0.25, 0.3) is 0 Å². The van der Waals surface area contributed by atoms with E-state index in [0.29, 0.717) is 0 Å². The summed E-state index contributed by atoms with van der Waals surface area (Å²) >= 11 is 5.84. The summed E-state index contributed by atoms with van der Waals surface area (Å²) in [4.78, 5) is 0. The first-order valence-electron chi connectivity index (χ1n) is 4.57. The molecule has 0 bridgehead atoms. The second-order valence-electron chi connectivity index (χ2n) is 3.84. The van der Waals surface area contributed by atoms with Gasteiger partial charge in [0.15, 0.2) is 0 Å². The van der Waals surface area contributed by atoms with Crippen LogP contribution in [0.3, 0.4) is 0 Å². The summed E-state index contributed by atoms with van der Waals surface area (Å²) in [6.07, 6.45) is -4.39. The molecular weight excluding hydrogens is 243 g/mol. The van der Waals surface area contributed by atoms with Gasteiger partial charge >= 0.3 is 6.18 Å².